The Bertz CT molecular complexity index is 505. The highest BCUT2D eigenvalue weighted by atomic mass is 35.5. The summed E-state index contributed by atoms with van der Waals surface area (Å²) < 4.78 is 0. The van der Waals surface area contributed by atoms with Crippen LogP contribution in [0.1, 0.15) is 52.3 Å². The third-order valence-corrected chi connectivity index (χ3v) is 3.97. The van der Waals surface area contributed by atoms with E-state index in [4.69, 9.17) is 11.6 Å². The molecular weight excluding hydrogens is 307 g/mol. The van der Waals surface area contributed by atoms with E-state index in [-0.39, 0.29) is 36.9 Å². The van der Waals surface area contributed by atoms with E-state index in [9.17, 15) is 4.79 Å². The average molecular weight is 331 g/mol. The van der Waals surface area contributed by atoms with Gasteiger partial charge in [-0.1, -0.05) is 23.7 Å². The van der Waals surface area contributed by atoms with Crippen molar-refractivity contribution in [2.24, 2.45) is 0 Å². The molecule has 0 radical (unpaired) electrons. The normalized spacial score (nSPS) is 20.4. The van der Waals surface area contributed by atoms with Crippen molar-refractivity contribution in [3.63, 3.8) is 0 Å². The molecule has 0 aromatic heterocycles. The molecule has 0 unspecified atom stereocenters. The van der Waals surface area contributed by atoms with Crippen LogP contribution in [0.3, 0.4) is 0 Å². The third kappa shape index (κ3) is 4.87. The maximum Gasteiger partial charge on any atom is 1.00 e. The van der Waals surface area contributed by atoms with Crippen molar-refractivity contribution >= 4 is 17.5 Å². The summed E-state index contributed by atoms with van der Waals surface area (Å²) in [5.41, 5.74) is 0.573. The molecule has 0 saturated carbocycles. The summed E-state index contributed by atoms with van der Waals surface area (Å²) in [4.78, 5) is 12.3. The smallest absolute Gasteiger partial charge is 1.00 e. The minimum Gasteiger partial charge on any atom is -1.00 e. The predicted octanol–water partition coefficient (Wildman–Crippen LogP) is 0.496. The van der Waals surface area contributed by atoms with Crippen molar-refractivity contribution in [1.82, 2.24) is 10.6 Å². The maximum atomic E-state index is 12.3. The number of piperidine rings is 1. The zero-order valence-electron chi connectivity index (χ0n) is 14.0. The molecule has 2 N–H and O–H groups in total. The first-order chi connectivity index (χ1) is 9.19. The molecule has 2 rings (SSSR count). The molecule has 1 amide bonds. The number of carbonyl (C=O) groups is 1. The summed E-state index contributed by atoms with van der Waals surface area (Å²) in [6.45, 7) is 8.68. The Kier molecular flexibility index (Phi) is 5.70. The Morgan fingerprint density at radius 2 is 1.76 bits per heavy atom. The van der Waals surface area contributed by atoms with Crippen molar-refractivity contribution in [3.8, 4) is 0 Å². The molecule has 1 fully saturated rings. The van der Waals surface area contributed by atoms with Crippen LogP contribution in [0.25, 0.3) is 0 Å². The molecule has 1 aromatic carbocycles. The lowest BCUT2D eigenvalue weighted by Gasteiger charge is -2.46. The topological polar surface area (TPSA) is 41.1 Å². The quantitative estimate of drug-likeness (QED) is 0.829. The molecule has 3 nitrogen and oxygen atoms in total. The van der Waals surface area contributed by atoms with E-state index in [2.05, 4.69) is 38.3 Å². The van der Waals surface area contributed by atoms with Crippen LogP contribution in [-0.2, 0) is 0 Å². The molecule has 118 valence electrons. The number of hydrogen-bond acceptors (Lipinski definition) is 2. The van der Waals surface area contributed by atoms with Crippen molar-refractivity contribution in [2.75, 3.05) is 0 Å². The van der Waals surface area contributed by atoms with Crippen LogP contribution < -0.4 is 23.0 Å². The lowest BCUT2D eigenvalue weighted by atomic mass is 9.79. The van der Waals surface area contributed by atoms with Crippen LogP contribution in [0.4, 0.5) is 0 Å². The molecule has 1 aromatic rings. The molecular formula is C16H24Cl2N2O. The van der Waals surface area contributed by atoms with E-state index in [1.807, 2.05) is 12.1 Å². The van der Waals surface area contributed by atoms with Gasteiger partial charge in [-0.05, 0) is 52.7 Å². The summed E-state index contributed by atoms with van der Waals surface area (Å²) in [6.07, 6.45) is 1.82. The van der Waals surface area contributed by atoms with E-state index in [0.29, 0.717) is 10.6 Å². The second-order valence-corrected chi connectivity index (χ2v) is 7.36. The van der Waals surface area contributed by atoms with Gasteiger partial charge in [0.25, 0.3) is 5.91 Å². The molecule has 0 bridgehead atoms. The Morgan fingerprint density at radius 1 is 1.24 bits per heavy atom. The lowest BCUT2D eigenvalue weighted by Crippen LogP contribution is -3.00. The molecule has 21 heavy (non-hydrogen) atoms. The highest BCUT2D eigenvalue weighted by molar-refractivity contribution is 6.33. The van der Waals surface area contributed by atoms with Gasteiger partial charge in [0.1, 0.15) is 0 Å². The van der Waals surface area contributed by atoms with Crippen molar-refractivity contribution in [2.45, 2.75) is 57.7 Å². The first-order valence-electron chi connectivity index (χ1n) is 7.03. The highest BCUT2D eigenvalue weighted by Gasteiger charge is 2.38. The van der Waals surface area contributed by atoms with Gasteiger partial charge in [-0.25, -0.2) is 0 Å². The number of halogens is 2. The zero-order chi connectivity index (χ0) is 15.0. The van der Waals surface area contributed by atoms with Crippen LogP contribution in [0.5, 0.6) is 0 Å². The van der Waals surface area contributed by atoms with Crippen molar-refractivity contribution < 1.29 is 18.6 Å². The number of amides is 1. The van der Waals surface area contributed by atoms with Crippen molar-refractivity contribution in [3.05, 3.63) is 34.9 Å². The molecule has 0 atom stereocenters. The van der Waals surface area contributed by atoms with Crippen LogP contribution >= 0.6 is 11.6 Å². The van der Waals surface area contributed by atoms with E-state index in [0.717, 1.165) is 12.8 Å². The van der Waals surface area contributed by atoms with Crippen LogP contribution in [0.15, 0.2) is 24.3 Å². The predicted molar refractivity (Wildman–Crippen MR) is 84.3 cm³/mol. The summed E-state index contributed by atoms with van der Waals surface area (Å²) in [7, 11) is 0. The highest BCUT2D eigenvalue weighted by Crippen LogP contribution is 2.29. The zero-order valence-corrected chi connectivity index (χ0v) is 14.5. The number of carbonyl (C=O) groups excluding carboxylic acids is 1. The van der Waals surface area contributed by atoms with E-state index in [1.54, 1.807) is 12.1 Å². The molecule has 0 aliphatic carbocycles. The fourth-order valence-electron chi connectivity index (χ4n) is 3.33. The number of benzene rings is 1. The molecule has 5 heteroatoms. The summed E-state index contributed by atoms with van der Waals surface area (Å²) >= 11 is 6.08. The number of nitrogens with one attached hydrogen (secondary N) is 2. The minimum absolute atomic E-state index is 0. The Labute approximate surface area is 139 Å². The van der Waals surface area contributed by atoms with Crippen LogP contribution in [0, 0.1) is 0 Å². The molecule has 1 saturated heterocycles. The largest absolute Gasteiger partial charge is 1.00 e. The van der Waals surface area contributed by atoms with Gasteiger partial charge in [0, 0.05) is 17.1 Å². The summed E-state index contributed by atoms with van der Waals surface area (Å²) in [5, 5.41) is 7.23. The average Bonchev–Trinajstić information content (AvgIpc) is 2.24. The number of rotatable bonds is 2. The fourth-order valence-corrected chi connectivity index (χ4v) is 3.55. The van der Waals surface area contributed by atoms with Gasteiger partial charge in [0.2, 0.25) is 0 Å². The summed E-state index contributed by atoms with van der Waals surface area (Å²) in [5.74, 6) is -0.0888. The van der Waals surface area contributed by atoms with E-state index < -0.39 is 0 Å². The molecule has 1 aliphatic rings. The number of hydrogen-bond donors (Lipinski definition) is 2. The second-order valence-electron chi connectivity index (χ2n) is 6.95. The van der Waals surface area contributed by atoms with Crippen LogP contribution in [-0.4, -0.2) is 23.0 Å². The fraction of sp³-hybridized carbons (Fsp3) is 0.562. The van der Waals surface area contributed by atoms with Gasteiger partial charge in [-0.2, -0.15) is 0 Å². The standard InChI is InChI=1S/C16H23ClN2O.ClH/c1-15(2)9-11(10-16(3,4)19-15)18-14(20)12-7-5-6-8-13(12)17;/h5-8,11,19H,9-10H2,1-4H3,(H,18,20);1H. The maximum absolute atomic E-state index is 12.3. The monoisotopic (exact) mass is 330 g/mol. The van der Waals surface area contributed by atoms with Gasteiger partial charge >= 0.3 is 1.43 Å². The Morgan fingerprint density at radius 3 is 2.29 bits per heavy atom. The Balaban J connectivity index is 0.00000220. The lowest BCUT2D eigenvalue weighted by molar-refractivity contribution is -0.0000182. The van der Waals surface area contributed by atoms with Gasteiger partial charge in [-0.15, -0.1) is 0 Å². The SMILES string of the molecule is CC1(C)CC(NC(=O)c2ccccc2Cl)CC(C)(C)N1.[Cl-].[H+]. The van der Waals surface area contributed by atoms with Crippen LogP contribution in [0.2, 0.25) is 5.02 Å². The second kappa shape index (κ2) is 6.55. The third-order valence-electron chi connectivity index (χ3n) is 3.64. The van der Waals surface area contributed by atoms with Crippen molar-refractivity contribution in [1.29, 1.82) is 0 Å². The summed E-state index contributed by atoms with van der Waals surface area (Å²) in [6, 6.07) is 7.32. The van der Waals surface area contributed by atoms with Gasteiger partial charge < -0.3 is 23.0 Å². The molecule has 1 heterocycles. The first-order valence-corrected chi connectivity index (χ1v) is 7.41. The van der Waals surface area contributed by atoms with E-state index >= 15 is 0 Å². The first kappa shape index (κ1) is 18.3. The van der Waals surface area contributed by atoms with Gasteiger partial charge in [0.05, 0.1) is 10.6 Å². The molecule has 0 spiro atoms. The molecule has 1 aliphatic heterocycles. The van der Waals surface area contributed by atoms with Gasteiger partial charge in [-0.3, -0.25) is 4.79 Å². The van der Waals surface area contributed by atoms with Gasteiger partial charge in [0.15, 0.2) is 0 Å². The van der Waals surface area contributed by atoms with E-state index in [1.165, 1.54) is 0 Å². The minimum atomic E-state index is -0.0888. The Hall–Kier alpha value is -0.770.